The number of hydrogen-bond donors (Lipinski definition) is 0. The van der Waals surface area contributed by atoms with Gasteiger partial charge in [0.25, 0.3) is 0 Å². The molecule has 16 heavy (non-hydrogen) atoms. The first-order valence-electron chi connectivity index (χ1n) is 6.24. The molecule has 0 fully saturated rings. The van der Waals surface area contributed by atoms with E-state index < -0.39 is 0 Å². The lowest BCUT2D eigenvalue weighted by atomic mass is 10.2. The number of hydrogen-bond acceptors (Lipinski definition) is 2. The Kier molecular flexibility index (Phi) is 24.6. The van der Waals surface area contributed by atoms with E-state index >= 15 is 0 Å². The molecule has 0 aliphatic rings. The van der Waals surface area contributed by atoms with Crippen LogP contribution in [0.4, 0.5) is 0 Å². The molecule has 0 bridgehead atoms. The summed E-state index contributed by atoms with van der Waals surface area (Å²) in [5.41, 5.74) is 2.11. The number of nitrogens with zero attached hydrogens (tertiary/aromatic N) is 2. The molecule has 0 atom stereocenters. The van der Waals surface area contributed by atoms with Crippen molar-refractivity contribution in [1.82, 2.24) is 9.97 Å². The molecule has 0 aliphatic heterocycles. The Bertz CT molecular complexity index is 242. The van der Waals surface area contributed by atoms with Crippen LogP contribution in [0.1, 0.15) is 59.7 Å². The fourth-order valence-corrected chi connectivity index (χ4v) is 0.741. The third-order valence-corrected chi connectivity index (χ3v) is 1.26. The smallest absolute Gasteiger partial charge is 0.116 e. The quantitative estimate of drug-likeness (QED) is 0.678. The van der Waals surface area contributed by atoms with Crippen molar-refractivity contribution in [3.8, 4) is 0 Å². The first-order valence-corrected chi connectivity index (χ1v) is 6.24. The molecule has 94 valence electrons. The van der Waals surface area contributed by atoms with Gasteiger partial charge in [-0.05, 0) is 25.5 Å². The number of aryl methyl sites for hydroxylation is 1. The first kappa shape index (κ1) is 20.3. The summed E-state index contributed by atoms with van der Waals surface area (Å²) in [4.78, 5) is 7.95. The Hall–Kier alpha value is -1.18. The van der Waals surface area contributed by atoms with Crippen molar-refractivity contribution in [3.05, 3.63) is 29.9 Å². The molecule has 1 aromatic heterocycles. The minimum atomic E-state index is 0.998. The van der Waals surface area contributed by atoms with Crippen LogP contribution in [0, 0.1) is 6.92 Å². The van der Waals surface area contributed by atoms with Gasteiger partial charge in [-0.25, -0.2) is 9.97 Å². The molecular weight excluding hydrogens is 196 g/mol. The van der Waals surface area contributed by atoms with Gasteiger partial charge >= 0.3 is 0 Å². The SMILES string of the molecule is C/C=C\c1ncncc1C.CC.CC.CC. The van der Waals surface area contributed by atoms with Gasteiger partial charge in [-0.2, -0.15) is 0 Å². The maximum Gasteiger partial charge on any atom is 0.116 e. The third kappa shape index (κ3) is 10.9. The van der Waals surface area contributed by atoms with Crippen LogP contribution in [0.25, 0.3) is 6.08 Å². The molecule has 0 aliphatic carbocycles. The molecule has 0 radical (unpaired) electrons. The highest BCUT2D eigenvalue weighted by molar-refractivity contribution is 5.46. The Balaban J connectivity index is -0.000000245. The second-order valence-corrected chi connectivity index (χ2v) is 2.09. The molecule has 1 heterocycles. The molecule has 2 nitrogen and oxygen atoms in total. The van der Waals surface area contributed by atoms with E-state index in [0.717, 1.165) is 11.3 Å². The van der Waals surface area contributed by atoms with E-state index in [1.54, 1.807) is 6.33 Å². The van der Waals surface area contributed by atoms with E-state index in [1.165, 1.54) is 0 Å². The zero-order valence-corrected chi connectivity index (χ0v) is 12.2. The number of rotatable bonds is 1. The third-order valence-electron chi connectivity index (χ3n) is 1.26. The van der Waals surface area contributed by atoms with Crippen LogP contribution in [0.2, 0.25) is 0 Å². The van der Waals surface area contributed by atoms with Crippen LogP contribution in [0.15, 0.2) is 18.6 Å². The van der Waals surface area contributed by atoms with Crippen molar-refractivity contribution in [1.29, 1.82) is 0 Å². The Morgan fingerprint density at radius 1 is 1.00 bits per heavy atom. The van der Waals surface area contributed by atoms with Gasteiger partial charge in [0.2, 0.25) is 0 Å². The normalized spacial score (nSPS) is 7.75. The zero-order valence-electron chi connectivity index (χ0n) is 12.2. The van der Waals surface area contributed by atoms with Gasteiger partial charge in [0.1, 0.15) is 6.33 Å². The molecule has 0 unspecified atom stereocenters. The lowest BCUT2D eigenvalue weighted by molar-refractivity contribution is 1.11. The minimum Gasteiger partial charge on any atom is -0.245 e. The highest BCUT2D eigenvalue weighted by atomic mass is 14.8. The zero-order chi connectivity index (χ0) is 13.4. The van der Waals surface area contributed by atoms with Crippen LogP contribution in [0.3, 0.4) is 0 Å². The highest BCUT2D eigenvalue weighted by Crippen LogP contribution is 2.02. The Morgan fingerprint density at radius 3 is 1.88 bits per heavy atom. The summed E-state index contributed by atoms with van der Waals surface area (Å²) in [5.74, 6) is 0. The topological polar surface area (TPSA) is 25.8 Å². The fraction of sp³-hybridized carbons (Fsp3) is 0.571. The standard InChI is InChI=1S/C8H10N2.3C2H6/c1-3-4-8-7(2)5-9-6-10-8;3*1-2/h3-6H,1-2H3;3*1-2H3/b4-3-;;;. The van der Waals surface area contributed by atoms with Gasteiger partial charge in [0, 0.05) is 6.20 Å². The molecule has 1 aromatic rings. The molecule has 1 rings (SSSR count). The highest BCUT2D eigenvalue weighted by Gasteiger charge is 1.90. The van der Waals surface area contributed by atoms with E-state index in [9.17, 15) is 0 Å². The summed E-state index contributed by atoms with van der Waals surface area (Å²) in [5, 5.41) is 0. The Morgan fingerprint density at radius 2 is 1.50 bits per heavy atom. The number of aromatic nitrogens is 2. The molecule has 0 spiro atoms. The van der Waals surface area contributed by atoms with Gasteiger partial charge < -0.3 is 0 Å². The Labute approximate surface area is 102 Å². The molecule has 0 N–H and O–H groups in total. The van der Waals surface area contributed by atoms with Crippen molar-refractivity contribution in [2.45, 2.75) is 55.4 Å². The van der Waals surface area contributed by atoms with E-state index in [4.69, 9.17) is 0 Å². The van der Waals surface area contributed by atoms with Crippen molar-refractivity contribution >= 4 is 6.08 Å². The van der Waals surface area contributed by atoms with Gasteiger partial charge in [0.15, 0.2) is 0 Å². The van der Waals surface area contributed by atoms with E-state index in [1.807, 2.05) is 73.7 Å². The maximum absolute atomic E-state index is 4.07. The molecule has 0 saturated carbocycles. The summed E-state index contributed by atoms with van der Waals surface area (Å²) < 4.78 is 0. The van der Waals surface area contributed by atoms with Gasteiger partial charge in [-0.15, -0.1) is 0 Å². The van der Waals surface area contributed by atoms with Crippen LogP contribution in [-0.4, -0.2) is 9.97 Å². The molecule has 0 saturated heterocycles. The average Bonchev–Trinajstić information content (AvgIpc) is 2.40. The molecule has 0 aromatic carbocycles. The molecule has 0 amide bonds. The van der Waals surface area contributed by atoms with Crippen molar-refractivity contribution in [2.24, 2.45) is 0 Å². The van der Waals surface area contributed by atoms with Crippen LogP contribution >= 0.6 is 0 Å². The second kappa shape index (κ2) is 19.4. The second-order valence-electron chi connectivity index (χ2n) is 2.09. The maximum atomic E-state index is 4.07. The largest absolute Gasteiger partial charge is 0.245 e. The van der Waals surface area contributed by atoms with Crippen LogP contribution < -0.4 is 0 Å². The summed E-state index contributed by atoms with van der Waals surface area (Å²) in [6.45, 7) is 16.0. The molecule has 2 heteroatoms. The van der Waals surface area contributed by atoms with Crippen molar-refractivity contribution < 1.29 is 0 Å². The summed E-state index contributed by atoms with van der Waals surface area (Å²) in [7, 11) is 0. The van der Waals surface area contributed by atoms with Crippen molar-refractivity contribution in [3.63, 3.8) is 0 Å². The minimum absolute atomic E-state index is 0.998. The molecular formula is C14H28N2. The summed E-state index contributed by atoms with van der Waals surface area (Å²) in [6.07, 6.45) is 7.30. The monoisotopic (exact) mass is 224 g/mol. The van der Waals surface area contributed by atoms with Crippen molar-refractivity contribution in [2.75, 3.05) is 0 Å². The van der Waals surface area contributed by atoms with E-state index in [-0.39, 0.29) is 0 Å². The van der Waals surface area contributed by atoms with Crippen LogP contribution in [0.5, 0.6) is 0 Å². The summed E-state index contributed by atoms with van der Waals surface area (Å²) >= 11 is 0. The van der Waals surface area contributed by atoms with Gasteiger partial charge in [0.05, 0.1) is 5.69 Å². The average molecular weight is 224 g/mol. The lowest BCUT2D eigenvalue weighted by Crippen LogP contribution is -1.86. The first-order chi connectivity index (χ1) is 7.84. The van der Waals surface area contributed by atoms with E-state index in [0.29, 0.717) is 0 Å². The van der Waals surface area contributed by atoms with Crippen LogP contribution in [-0.2, 0) is 0 Å². The predicted octanol–water partition coefficient (Wildman–Crippen LogP) is 4.90. The van der Waals surface area contributed by atoms with Gasteiger partial charge in [-0.3, -0.25) is 0 Å². The van der Waals surface area contributed by atoms with Gasteiger partial charge in [-0.1, -0.05) is 47.6 Å². The van der Waals surface area contributed by atoms with E-state index in [2.05, 4.69) is 9.97 Å². The predicted molar refractivity (Wildman–Crippen MR) is 75.5 cm³/mol. The fourth-order valence-electron chi connectivity index (χ4n) is 0.741. The lowest BCUT2D eigenvalue weighted by Gasteiger charge is -1.94. The number of allylic oxidation sites excluding steroid dienone is 1. The summed E-state index contributed by atoms with van der Waals surface area (Å²) in [6, 6.07) is 0.